The van der Waals surface area contributed by atoms with Gasteiger partial charge in [0.05, 0.1) is 6.61 Å². The first-order valence-electron chi connectivity index (χ1n) is 7.25. The van der Waals surface area contributed by atoms with Crippen LogP contribution in [0.1, 0.15) is 30.9 Å². The van der Waals surface area contributed by atoms with E-state index in [2.05, 4.69) is 49.6 Å². The minimum atomic E-state index is 0.277. The highest BCUT2D eigenvalue weighted by atomic mass is 16.5. The fourth-order valence-electron chi connectivity index (χ4n) is 2.48. The number of aryl methyl sites for hydroxylation is 2. The molecule has 2 rings (SSSR count). The predicted octanol–water partition coefficient (Wildman–Crippen LogP) is 2.41. The average Bonchev–Trinajstić information content (AvgIpc) is 2.80. The van der Waals surface area contributed by atoms with Crippen molar-refractivity contribution >= 4 is 0 Å². The highest BCUT2D eigenvalue weighted by molar-refractivity contribution is 5.35. The van der Waals surface area contributed by atoms with Gasteiger partial charge in [0, 0.05) is 12.1 Å². The Kier molecular flexibility index (Phi) is 4.83. The maximum Gasteiger partial charge on any atom is 0.122 e. The highest BCUT2D eigenvalue weighted by Gasteiger charge is 2.26. The third kappa shape index (κ3) is 4.22. The zero-order valence-corrected chi connectivity index (χ0v) is 12.4. The Balaban J connectivity index is 1.68. The Hall–Kier alpha value is -1.06. The van der Waals surface area contributed by atoms with Gasteiger partial charge in [0.15, 0.2) is 0 Å². The average molecular weight is 262 g/mol. The van der Waals surface area contributed by atoms with Crippen molar-refractivity contribution in [3.05, 3.63) is 29.3 Å². The van der Waals surface area contributed by atoms with Crippen LogP contribution in [0.2, 0.25) is 0 Å². The van der Waals surface area contributed by atoms with Gasteiger partial charge in [-0.1, -0.05) is 12.1 Å². The van der Waals surface area contributed by atoms with Crippen molar-refractivity contribution in [2.75, 3.05) is 26.2 Å². The summed E-state index contributed by atoms with van der Waals surface area (Å²) < 4.78 is 5.86. The van der Waals surface area contributed by atoms with Gasteiger partial charge in [-0.05, 0) is 63.9 Å². The fraction of sp³-hybridized carbons (Fsp3) is 0.625. The van der Waals surface area contributed by atoms with E-state index in [1.807, 2.05) is 0 Å². The molecule has 0 aromatic heterocycles. The number of benzene rings is 1. The van der Waals surface area contributed by atoms with Crippen LogP contribution >= 0.6 is 0 Å². The molecule has 0 saturated carbocycles. The molecule has 1 aliphatic heterocycles. The summed E-state index contributed by atoms with van der Waals surface area (Å²) in [6, 6.07) is 6.36. The van der Waals surface area contributed by atoms with Crippen LogP contribution in [-0.4, -0.2) is 31.8 Å². The molecule has 1 saturated heterocycles. The number of nitrogens with one attached hydrogen (secondary N) is 2. The van der Waals surface area contributed by atoms with Crippen LogP contribution < -0.4 is 15.4 Å². The van der Waals surface area contributed by atoms with Gasteiger partial charge in [-0.3, -0.25) is 0 Å². The molecule has 0 bridgehead atoms. The van der Waals surface area contributed by atoms with Crippen molar-refractivity contribution in [3.63, 3.8) is 0 Å². The van der Waals surface area contributed by atoms with Crippen LogP contribution in [0.4, 0.5) is 0 Å². The number of hydrogen-bond donors (Lipinski definition) is 2. The third-order valence-electron chi connectivity index (χ3n) is 3.84. The SMILES string of the molecule is Cc1ccc(C)c(OCCCNC2(C)CCNC2)c1. The normalized spacial score (nSPS) is 22.7. The molecule has 0 amide bonds. The van der Waals surface area contributed by atoms with Crippen LogP contribution in [0.15, 0.2) is 18.2 Å². The van der Waals surface area contributed by atoms with E-state index in [1.54, 1.807) is 0 Å². The van der Waals surface area contributed by atoms with Crippen molar-refractivity contribution in [2.24, 2.45) is 0 Å². The smallest absolute Gasteiger partial charge is 0.122 e. The van der Waals surface area contributed by atoms with E-state index in [0.717, 1.165) is 38.4 Å². The maximum atomic E-state index is 5.86. The first kappa shape index (κ1) is 14.4. The van der Waals surface area contributed by atoms with Gasteiger partial charge in [-0.25, -0.2) is 0 Å². The standard InChI is InChI=1S/C16H26N2O/c1-13-5-6-14(2)15(11-13)19-10-4-8-18-16(3)7-9-17-12-16/h5-6,11,17-18H,4,7-10,12H2,1-3H3. The summed E-state index contributed by atoms with van der Waals surface area (Å²) in [5.74, 6) is 1.02. The Morgan fingerprint density at radius 1 is 1.37 bits per heavy atom. The van der Waals surface area contributed by atoms with Crippen molar-refractivity contribution in [1.29, 1.82) is 0 Å². The molecule has 1 aromatic carbocycles. The first-order chi connectivity index (χ1) is 9.09. The van der Waals surface area contributed by atoms with Gasteiger partial charge >= 0.3 is 0 Å². The van der Waals surface area contributed by atoms with Gasteiger partial charge in [0.25, 0.3) is 0 Å². The largest absolute Gasteiger partial charge is 0.493 e. The monoisotopic (exact) mass is 262 g/mol. The minimum absolute atomic E-state index is 0.277. The zero-order valence-electron chi connectivity index (χ0n) is 12.4. The Morgan fingerprint density at radius 3 is 2.95 bits per heavy atom. The molecule has 3 nitrogen and oxygen atoms in total. The van der Waals surface area contributed by atoms with Crippen LogP contribution in [0.25, 0.3) is 0 Å². The summed E-state index contributed by atoms with van der Waals surface area (Å²) in [5.41, 5.74) is 2.74. The Labute approximate surface area is 116 Å². The van der Waals surface area contributed by atoms with Gasteiger partial charge in [0.2, 0.25) is 0 Å². The predicted molar refractivity (Wildman–Crippen MR) is 79.9 cm³/mol. The van der Waals surface area contributed by atoms with E-state index in [-0.39, 0.29) is 5.54 Å². The molecule has 2 N–H and O–H groups in total. The lowest BCUT2D eigenvalue weighted by Crippen LogP contribution is -2.44. The summed E-state index contributed by atoms with van der Waals surface area (Å²) in [4.78, 5) is 0. The van der Waals surface area contributed by atoms with Crippen LogP contribution in [0.3, 0.4) is 0 Å². The highest BCUT2D eigenvalue weighted by Crippen LogP contribution is 2.19. The zero-order chi connectivity index (χ0) is 13.7. The second-order valence-electron chi connectivity index (χ2n) is 5.89. The van der Waals surface area contributed by atoms with Gasteiger partial charge in [-0.2, -0.15) is 0 Å². The topological polar surface area (TPSA) is 33.3 Å². The molecule has 1 unspecified atom stereocenters. The van der Waals surface area contributed by atoms with Crippen molar-refractivity contribution in [3.8, 4) is 5.75 Å². The van der Waals surface area contributed by atoms with Crippen LogP contribution in [0.5, 0.6) is 5.75 Å². The fourth-order valence-corrected chi connectivity index (χ4v) is 2.48. The molecule has 3 heteroatoms. The molecule has 1 heterocycles. The molecule has 0 aliphatic carbocycles. The van der Waals surface area contributed by atoms with Gasteiger partial charge in [-0.15, -0.1) is 0 Å². The minimum Gasteiger partial charge on any atom is -0.493 e. The van der Waals surface area contributed by atoms with E-state index in [4.69, 9.17) is 4.74 Å². The van der Waals surface area contributed by atoms with E-state index in [1.165, 1.54) is 17.5 Å². The summed E-state index contributed by atoms with van der Waals surface area (Å²) in [6.45, 7) is 10.5. The summed E-state index contributed by atoms with van der Waals surface area (Å²) in [6.07, 6.45) is 2.26. The number of rotatable bonds is 6. The first-order valence-corrected chi connectivity index (χ1v) is 7.25. The van der Waals surface area contributed by atoms with Crippen molar-refractivity contribution in [1.82, 2.24) is 10.6 Å². The number of ether oxygens (including phenoxy) is 1. The lowest BCUT2D eigenvalue weighted by atomic mass is 10.0. The molecule has 1 atom stereocenters. The lowest BCUT2D eigenvalue weighted by molar-refractivity contribution is 0.292. The van der Waals surface area contributed by atoms with E-state index < -0.39 is 0 Å². The van der Waals surface area contributed by atoms with E-state index in [9.17, 15) is 0 Å². The molecular weight excluding hydrogens is 236 g/mol. The Bertz CT molecular complexity index is 411. The molecule has 1 fully saturated rings. The van der Waals surface area contributed by atoms with E-state index >= 15 is 0 Å². The lowest BCUT2D eigenvalue weighted by Gasteiger charge is -2.24. The summed E-state index contributed by atoms with van der Waals surface area (Å²) >= 11 is 0. The summed E-state index contributed by atoms with van der Waals surface area (Å²) in [7, 11) is 0. The van der Waals surface area contributed by atoms with Crippen LogP contribution in [0, 0.1) is 13.8 Å². The summed E-state index contributed by atoms with van der Waals surface area (Å²) in [5, 5.41) is 7.03. The van der Waals surface area contributed by atoms with Gasteiger partial charge < -0.3 is 15.4 Å². The molecular formula is C16H26N2O. The molecule has 106 valence electrons. The second-order valence-corrected chi connectivity index (χ2v) is 5.89. The molecule has 19 heavy (non-hydrogen) atoms. The van der Waals surface area contributed by atoms with Crippen molar-refractivity contribution in [2.45, 2.75) is 39.2 Å². The number of hydrogen-bond acceptors (Lipinski definition) is 3. The van der Waals surface area contributed by atoms with Crippen molar-refractivity contribution < 1.29 is 4.74 Å². The van der Waals surface area contributed by atoms with E-state index in [0.29, 0.717) is 0 Å². The maximum absolute atomic E-state index is 5.86. The molecule has 1 aromatic rings. The quantitative estimate of drug-likeness (QED) is 0.772. The van der Waals surface area contributed by atoms with Gasteiger partial charge in [0.1, 0.15) is 5.75 Å². The Morgan fingerprint density at radius 2 is 2.21 bits per heavy atom. The molecule has 0 radical (unpaired) electrons. The third-order valence-corrected chi connectivity index (χ3v) is 3.84. The molecule has 1 aliphatic rings. The molecule has 0 spiro atoms. The second kappa shape index (κ2) is 6.40. The van der Waals surface area contributed by atoms with Crippen LogP contribution in [-0.2, 0) is 0 Å².